The number of ether oxygens (including phenoxy) is 2. The number of carbonyl (C=O) groups excluding carboxylic acids is 2. The zero-order chi connectivity index (χ0) is 26.7. The van der Waals surface area contributed by atoms with E-state index in [9.17, 15) is 14.9 Å². The fraction of sp³-hybridized carbons (Fsp3) is 0.129. The second kappa shape index (κ2) is 12.7. The van der Waals surface area contributed by atoms with Crippen molar-refractivity contribution in [2.24, 2.45) is 0 Å². The fourth-order valence-electron chi connectivity index (χ4n) is 3.87. The average Bonchev–Trinajstić information content (AvgIpc) is 3.48. The van der Waals surface area contributed by atoms with Crippen molar-refractivity contribution in [3.8, 4) is 17.6 Å². The predicted octanol–water partition coefficient (Wildman–Crippen LogP) is 5.52. The Morgan fingerprint density at radius 1 is 0.947 bits per heavy atom. The third-order valence-electron chi connectivity index (χ3n) is 5.83. The van der Waals surface area contributed by atoms with Crippen molar-refractivity contribution >= 4 is 18.0 Å². The Labute approximate surface area is 220 Å². The number of rotatable bonds is 10. The molecule has 0 radical (unpaired) electrons. The van der Waals surface area contributed by atoms with Crippen LogP contribution in [0.5, 0.6) is 11.5 Å². The summed E-state index contributed by atoms with van der Waals surface area (Å²) in [7, 11) is 1.45. The van der Waals surface area contributed by atoms with E-state index in [1.54, 1.807) is 42.5 Å². The minimum absolute atomic E-state index is 0.0873. The Bertz CT molecular complexity index is 1470. The van der Waals surface area contributed by atoms with Gasteiger partial charge in [0, 0.05) is 0 Å². The van der Waals surface area contributed by atoms with Crippen LogP contribution in [0.15, 0.2) is 101 Å². The third kappa shape index (κ3) is 6.77. The van der Waals surface area contributed by atoms with Crippen LogP contribution in [0.2, 0.25) is 0 Å². The van der Waals surface area contributed by atoms with Gasteiger partial charge in [0.2, 0.25) is 0 Å². The molecule has 0 bridgehead atoms. The lowest BCUT2D eigenvalue weighted by Crippen LogP contribution is -2.23. The Hall–Kier alpha value is -5.09. The van der Waals surface area contributed by atoms with Gasteiger partial charge in [0.1, 0.15) is 17.4 Å². The highest BCUT2D eigenvalue weighted by molar-refractivity contribution is 6.01. The van der Waals surface area contributed by atoms with E-state index < -0.39 is 11.9 Å². The van der Waals surface area contributed by atoms with Crippen LogP contribution in [0.1, 0.15) is 32.8 Å². The van der Waals surface area contributed by atoms with E-state index in [0.717, 1.165) is 12.0 Å². The monoisotopic (exact) mass is 506 g/mol. The molecule has 1 amide bonds. The number of nitrogens with zero attached hydrogens (tertiary/aromatic N) is 1. The summed E-state index contributed by atoms with van der Waals surface area (Å²) < 4.78 is 16.3. The number of carbonyl (C=O) groups is 2. The van der Waals surface area contributed by atoms with E-state index in [-0.39, 0.29) is 17.9 Å². The van der Waals surface area contributed by atoms with Gasteiger partial charge in [0.25, 0.3) is 5.91 Å². The van der Waals surface area contributed by atoms with E-state index in [0.29, 0.717) is 29.1 Å². The maximum atomic E-state index is 13.1. The van der Waals surface area contributed by atoms with Crippen LogP contribution in [0.25, 0.3) is 6.08 Å². The number of aryl methyl sites for hydroxylation is 2. The van der Waals surface area contributed by atoms with Crippen LogP contribution >= 0.6 is 0 Å². The second-order valence-electron chi connectivity index (χ2n) is 8.37. The smallest absolute Gasteiger partial charge is 0.343 e. The van der Waals surface area contributed by atoms with Gasteiger partial charge in [-0.15, -0.1) is 0 Å². The molecular weight excluding hydrogens is 480 g/mol. The molecule has 0 fully saturated rings. The SMILES string of the molecule is COc1cc(/C=C(\C#N)C(=O)NCc2ccco2)ccc1OC(=O)c1ccccc1CCc1ccccc1. The first-order valence-electron chi connectivity index (χ1n) is 12.0. The summed E-state index contributed by atoms with van der Waals surface area (Å²) in [5.41, 5.74) is 3.01. The van der Waals surface area contributed by atoms with Crippen molar-refractivity contribution in [2.75, 3.05) is 7.11 Å². The van der Waals surface area contributed by atoms with Crippen molar-refractivity contribution < 1.29 is 23.5 Å². The summed E-state index contributed by atoms with van der Waals surface area (Å²) in [6.45, 7) is 0.163. The van der Waals surface area contributed by atoms with Crippen LogP contribution in [0.4, 0.5) is 0 Å². The second-order valence-corrected chi connectivity index (χ2v) is 8.37. The fourth-order valence-corrected chi connectivity index (χ4v) is 3.87. The summed E-state index contributed by atoms with van der Waals surface area (Å²) in [4.78, 5) is 25.5. The molecule has 1 N–H and O–H groups in total. The first-order valence-corrected chi connectivity index (χ1v) is 12.0. The number of nitriles is 1. The first kappa shape index (κ1) is 26.0. The maximum Gasteiger partial charge on any atom is 0.343 e. The van der Waals surface area contributed by atoms with Crippen LogP contribution in [0.3, 0.4) is 0 Å². The molecular formula is C31H26N2O5. The van der Waals surface area contributed by atoms with Crippen LogP contribution < -0.4 is 14.8 Å². The molecule has 7 heteroatoms. The summed E-state index contributed by atoms with van der Waals surface area (Å²) >= 11 is 0. The number of hydrogen-bond donors (Lipinski definition) is 1. The lowest BCUT2D eigenvalue weighted by atomic mass is 10.00. The van der Waals surface area contributed by atoms with E-state index in [4.69, 9.17) is 13.9 Å². The molecule has 1 aromatic heterocycles. The van der Waals surface area contributed by atoms with Gasteiger partial charge in [-0.25, -0.2) is 4.79 Å². The topological polar surface area (TPSA) is 102 Å². The number of furan rings is 1. The molecule has 0 spiro atoms. The molecule has 0 aliphatic heterocycles. The lowest BCUT2D eigenvalue weighted by molar-refractivity contribution is -0.117. The molecule has 3 aromatic carbocycles. The minimum atomic E-state index is -0.537. The Kier molecular flexibility index (Phi) is 8.72. The van der Waals surface area contributed by atoms with E-state index in [1.165, 1.54) is 25.0 Å². The molecule has 0 atom stereocenters. The van der Waals surface area contributed by atoms with Gasteiger partial charge in [0.05, 0.1) is 25.5 Å². The van der Waals surface area contributed by atoms with Crippen molar-refractivity contribution in [3.63, 3.8) is 0 Å². The lowest BCUT2D eigenvalue weighted by Gasteiger charge is -2.12. The summed E-state index contributed by atoms with van der Waals surface area (Å²) in [6, 6.07) is 27.6. The molecule has 0 aliphatic rings. The Morgan fingerprint density at radius 3 is 2.47 bits per heavy atom. The number of esters is 1. The minimum Gasteiger partial charge on any atom is -0.493 e. The first-order chi connectivity index (χ1) is 18.6. The maximum absolute atomic E-state index is 13.1. The van der Waals surface area contributed by atoms with Gasteiger partial charge in [0.15, 0.2) is 11.5 Å². The number of hydrogen-bond acceptors (Lipinski definition) is 6. The number of amides is 1. The van der Waals surface area contributed by atoms with Crippen LogP contribution in [-0.2, 0) is 24.2 Å². The number of methoxy groups -OCH3 is 1. The molecule has 0 saturated carbocycles. The van der Waals surface area contributed by atoms with E-state index in [1.807, 2.05) is 36.4 Å². The largest absolute Gasteiger partial charge is 0.493 e. The van der Waals surface area contributed by atoms with Gasteiger partial charge >= 0.3 is 5.97 Å². The molecule has 0 aliphatic carbocycles. The third-order valence-corrected chi connectivity index (χ3v) is 5.83. The number of benzene rings is 3. The van der Waals surface area contributed by atoms with Gasteiger partial charge < -0.3 is 19.2 Å². The highest BCUT2D eigenvalue weighted by Gasteiger charge is 2.17. The van der Waals surface area contributed by atoms with Gasteiger partial charge in [-0.1, -0.05) is 54.6 Å². The number of nitrogens with one attached hydrogen (secondary N) is 1. The van der Waals surface area contributed by atoms with Crippen LogP contribution in [0, 0.1) is 11.3 Å². The highest BCUT2D eigenvalue weighted by atomic mass is 16.6. The highest BCUT2D eigenvalue weighted by Crippen LogP contribution is 2.30. The molecule has 190 valence electrons. The summed E-state index contributed by atoms with van der Waals surface area (Å²) in [5.74, 6) is 0.0660. The summed E-state index contributed by atoms with van der Waals surface area (Å²) in [6.07, 6.45) is 4.43. The van der Waals surface area contributed by atoms with E-state index >= 15 is 0 Å². The van der Waals surface area contributed by atoms with Crippen molar-refractivity contribution in [2.45, 2.75) is 19.4 Å². The molecule has 0 saturated heterocycles. The molecule has 4 rings (SSSR count). The molecule has 0 unspecified atom stereocenters. The van der Waals surface area contributed by atoms with Gasteiger partial charge in [-0.2, -0.15) is 5.26 Å². The van der Waals surface area contributed by atoms with Crippen molar-refractivity contribution in [1.29, 1.82) is 5.26 Å². The van der Waals surface area contributed by atoms with Gasteiger partial charge in [-0.05, 0) is 65.9 Å². The molecule has 4 aromatic rings. The molecule has 1 heterocycles. The van der Waals surface area contributed by atoms with Crippen molar-refractivity contribution in [1.82, 2.24) is 5.32 Å². The standard InChI is InChI=1S/C31H26N2O5/c1-36-29-19-23(18-25(20-32)30(34)33-21-26-11-7-17-37-26)14-16-28(29)38-31(35)27-12-6-5-10-24(27)15-13-22-8-3-2-4-9-22/h2-12,14,16-19H,13,15,21H2,1H3,(H,33,34)/b25-18+. The Morgan fingerprint density at radius 2 is 1.74 bits per heavy atom. The predicted molar refractivity (Wildman–Crippen MR) is 142 cm³/mol. The zero-order valence-electron chi connectivity index (χ0n) is 20.8. The normalized spacial score (nSPS) is 10.9. The average molecular weight is 507 g/mol. The Balaban J connectivity index is 1.46. The zero-order valence-corrected chi connectivity index (χ0v) is 20.8. The van der Waals surface area contributed by atoms with E-state index in [2.05, 4.69) is 17.4 Å². The molecule has 7 nitrogen and oxygen atoms in total. The quantitative estimate of drug-likeness (QED) is 0.132. The summed E-state index contributed by atoms with van der Waals surface area (Å²) in [5, 5.41) is 12.1. The van der Waals surface area contributed by atoms with Crippen LogP contribution in [-0.4, -0.2) is 19.0 Å². The van der Waals surface area contributed by atoms with Crippen molar-refractivity contribution in [3.05, 3.63) is 125 Å². The molecule has 38 heavy (non-hydrogen) atoms. The van der Waals surface area contributed by atoms with Gasteiger partial charge in [-0.3, -0.25) is 4.79 Å².